The summed E-state index contributed by atoms with van der Waals surface area (Å²) in [5.41, 5.74) is 6.45. The Morgan fingerprint density at radius 3 is 2.27 bits per heavy atom. The van der Waals surface area contributed by atoms with Crippen LogP contribution in [0.15, 0.2) is 89.3 Å². The van der Waals surface area contributed by atoms with Gasteiger partial charge in [0, 0.05) is 40.6 Å². The Balaban J connectivity index is 1.53. The van der Waals surface area contributed by atoms with Gasteiger partial charge in [-0.05, 0) is 73.7 Å². The summed E-state index contributed by atoms with van der Waals surface area (Å²) in [6.07, 6.45) is 0.980. The second kappa shape index (κ2) is 11.3. The monoisotopic (exact) mass is 538 g/mol. The summed E-state index contributed by atoms with van der Waals surface area (Å²) in [4.78, 5) is 27.7. The predicted octanol–water partition coefficient (Wildman–Crippen LogP) is 6.02. The van der Waals surface area contributed by atoms with Crippen LogP contribution >= 0.6 is 0 Å². The van der Waals surface area contributed by atoms with Gasteiger partial charge in [-0.15, -0.1) is 0 Å². The number of carbonyl (C=O) groups is 2. The number of aryl methyl sites for hydroxylation is 1. The third kappa shape index (κ3) is 5.19. The summed E-state index contributed by atoms with van der Waals surface area (Å²) in [5, 5.41) is 6.47. The molecule has 3 aromatic carbocycles. The number of Topliss-reactive ketones (excluding diaryl/α,β-unsaturated/α-hetero) is 1. The topological polar surface area (TPSA) is 85.9 Å². The molecule has 2 atom stereocenters. The lowest BCUT2D eigenvalue weighted by molar-refractivity contribution is -0.116. The van der Waals surface area contributed by atoms with Crippen molar-refractivity contribution in [3.63, 3.8) is 0 Å². The second-order valence-corrected chi connectivity index (χ2v) is 10.2. The van der Waals surface area contributed by atoms with Crippen molar-refractivity contribution in [1.82, 2.24) is 5.32 Å². The molecule has 0 saturated carbocycles. The molecule has 40 heavy (non-hydrogen) atoms. The Morgan fingerprint density at radius 1 is 0.850 bits per heavy atom. The Morgan fingerprint density at radius 2 is 1.60 bits per heavy atom. The Hall–Kier alpha value is -4.52. The van der Waals surface area contributed by atoms with E-state index in [1.165, 1.54) is 0 Å². The lowest BCUT2D eigenvalue weighted by atomic mass is 9.71. The molecule has 0 saturated heterocycles. The number of ether oxygens (including phenoxy) is 3. The fraction of sp³-hybridized carbons (Fsp3) is 0.273. The van der Waals surface area contributed by atoms with Crippen molar-refractivity contribution in [2.24, 2.45) is 0 Å². The number of nitrogens with one attached hydrogen (secondary N) is 2. The number of rotatable bonds is 7. The van der Waals surface area contributed by atoms with Crippen LogP contribution in [-0.2, 0) is 9.59 Å². The van der Waals surface area contributed by atoms with Gasteiger partial charge in [0.05, 0.1) is 21.3 Å². The maximum atomic E-state index is 13.9. The smallest absolute Gasteiger partial charge is 0.254 e. The van der Waals surface area contributed by atoms with Crippen LogP contribution in [0.2, 0.25) is 0 Å². The van der Waals surface area contributed by atoms with E-state index in [9.17, 15) is 9.59 Å². The highest BCUT2D eigenvalue weighted by molar-refractivity contribution is 6.10. The lowest BCUT2D eigenvalue weighted by Crippen LogP contribution is -2.37. The molecule has 1 aliphatic heterocycles. The first-order valence-electron chi connectivity index (χ1n) is 13.3. The molecule has 0 bridgehead atoms. The molecular formula is C33H34N2O5. The number of benzene rings is 3. The molecule has 1 aliphatic carbocycles. The van der Waals surface area contributed by atoms with E-state index in [2.05, 4.69) is 16.7 Å². The molecule has 5 rings (SSSR count). The standard InChI is InChI=1S/C33H34N2O5/c1-19-7-6-8-22(15-19)31-30(33(37)35-24-10-12-25(38-3)13-11-24)20(2)34-26-16-23(17-27(36)32(26)31)21-9-14-28(39-4)29(18-21)40-5/h6-15,18,23,31,34H,16-17H2,1-5H3,(H,35,37)/t23-,31-/m0/s1. The molecule has 2 N–H and O–H groups in total. The lowest BCUT2D eigenvalue weighted by Gasteiger charge is -2.37. The number of ketones is 1. The molecule has 7 heteroatoms. The van der Waals surface area contributed by atoms with E-state index in [1.54, 1.807) is 45.6 Å². The van der Waals surface area contributed by atoms with Crippen molar-refractivity contribution in [1.29, 1.82) is 0 Å². The van der Waals surface area contributed by atoms with Crippen molar-refractivity contribution in [3.8, 4) is 17.2 Å². The van der Waals surface area contributed by atoms with E-state index >= 15 is 0 Å². The Bertz CT molecular complexity index is 1520. The van der Waals surface area contributed by atoms with E-state index < -0.39 is 5.92 Å². The van der Waals surface area contributed by atoms with Gasteiger partial charge in [0.25, 0.3) is 5.91 Å². The number of allylic oxidation sites excluding steroid dienone is 3. The van der Waals surface area contributed by atoms with E-state index in [0.717, 1.165) is 28.1 Å². The SMILES string of the molecule is COc1ccc(NC(=O)C2=C(C)NC3=C(C(=O)C[C@@H](c4ccc(OC)c(OC)c4)C3)[C@H]2c2cccc(C)c2)cc1. The van der Waals surface area contributed by atoms with Crippen molar-refractivity contribution in [3.05, 3.63) is 106 Å². The van der Waals surface area contributed by atoms with Gasteiger partial charge >= 0.3 is 0 Å². The molecule has 0 aromatic heterocycles. The number of methoxy groups -OCH3 is 3. The van der Waals surface area contributed by atoms with Gasteiger partial charge in [0.1, 0.15) is 5.75 Å². The van der Waals surface area contributed by atoms with E-state index in [0.29, 0.717) is 46.9 Å². The zero-order chi connectivity index (χ0) is 28.4. The van der Waals surface area contributed by atoms with Crippen molar-refractivity contribution in [2.45, 2.75) is 38.5 Å². The minimum absolute atomic E-state index is 0.0285. The summed E-state index contributed by atoms with van der Waals surface area (Å²) in [7, 11) is 4.81. The molecule has 0 radical (unpaired) electrons. The van der Waals surface area contributed by atoms with Crippen LogP contribution in [0.25, 0.3) is 0 Å². The molecule has 0 unspecified atom stereocenters. The zero-order valence-electron chi connectivity index (χ0n) is 23.5. The zero-order valence-corrected chi connectivity index (χ0v) is 23.5. The van der Waals surface area contributed by atoms with Gasteiger partial charge in [0.15, 0.2) is 17.3 Å². The van der Waals surface area contributed by atoms with Crippen LogP contribution in [0.4, 0.5) is 5.69 Å². The van der Waals surface area contributed by atoms with Crippen LogP contribution in [-0.4, -0.2) is 33.0 Å². The Kier molecular flexibility index (Phi) is 7.65. The average molecular weight is 539 g/mol. The minimum Gasteiger partial charge on any atom is -0.497 e. The van der Waals surface area contributed by atoms with Crippen molar-refractivity contribution in [2.75, 3.05) is 26.6 Å². The highest BCUT2D eigenvalue weighted by Crippen LogP contribution is 2.46. The number of amides is 1. The number of hydrogen-bond donors (Lipinski definition) is 2. The van der Waals surface area contributed by atoms with Gasteiger partial charge < -0.3 is 24.8 Å². The molecule has 0 fully saturated rings. The highest BCUT2D eigenvalue weighted by Gasteiger charge is 2.41. The first kappa shape index (κ1) is 27.1. The molecule has 7 nitrogen and oxygen atoms in total. The number of anilines is 1. The van der Waals surface area contributed by atoms with Gasteiger partial charge in [-0.2, -0.15) is 0 Å². The minimum atomic E-state index is -0.478. The van der Waals surface area contributed by atoms with Crippen LogP contribution < -0.4 is 24.8 Å². The third-order valence-electron chi connectivity index (χ3n) is 7.67. The molecule has 2 aliphatic rings. The Labute approximate surface area is 234 Å². The summed E-state index contributed by atoms with van der Waals surface area (Å²) in [6.45, 7) is 3.92. The summed E-state index contributed by atoms with van der Waals surface area (Å²) in [5.74, 6) is 1.26. The van der Waals surface area contributed by atoms with Gasteiger partial charge in [-0.25, -0.2) is 0 Å². The van der Waals surface area contributed by atoms with E-state index in [1.807, 2.05) is 50.2 Å². The van der Waals surface area contributed by atoms with Crippen LogP contribution in [0.3, 0.4) is 0 Å². The summed E-state index contributed by atoms with van der Waals surface area (Å²) in [6, 6.07) is 21.0. The molecule has 3 aromatic rings. The molecule has 206 valence electrons. The molecule has 1 amide bonds. The van der Waals surface area contributed by atoms with Crippen LogP contribution in [0, 0.1) is 6.92 Å². The summed E-state index contributed by atoms with van der Waals surface area (Å²) >= 11 is 0. The highest BCUT2D eigenvalue weighted by atomic mass is 16.5. The van der Waals surface area contributed by atoms with Crippen molar-refractivity contribution >= 4 is 17.4 Å². The number of dihydropyridines is 1. The second-order valence-electron chi connectivity index (χ2n) is 10.2. The quantitative estimate of drug-likeness (QED) is 0.383. The fourth-order valence-corrected chi connectivity index (χ4v) is 5.74. The van der Waals surface area contributed by atoms with Gasteiger partial charge in [-0.1, -0.05) is 35.9 Å². The number of carbonyl (C=O) groups excluding carboxylic acids is 2. The first-order chi connectivity index (χ1) is 19.3. The molecule has 1 heterocycles. The maximum Gasteiger partial charge on any atom is 0.254 e. The fourth-order valence-electron chi connectivity index (χ4n) is 5.74. The molecule has 0 spiro atoms. The average Bonchev–Trinajstić information content (AvgIpc) is 2.96. The normalized spacial score (nSPS) is 18.6. The predicted molar refractivity (Wildman–Crippen MR) is 155 cm³/mol. The van der Waals surface area contributed by atoms with E-state index in [4.69, 9.17) is 14.2 Å². The largest absolute Gasteiger partial charge is 0.497 e. The van der Waals surface area contributed by atoms with Gasteiger partial charge in [-0.3, -0.25) is 9.59 Å². The van der Waals surface area contributed by atoms with Gasteiger partial charge in [0.2, 0.25) is 0 Å². The van der Waals surface area contributed by atoms with E-state index in [-0.39, 0.29) is 17.6 Å². The first-order valence-corrected chi connectivity index (χ1v) is 13.3. The summed E-state index contributed by atoms with van der Waals surface area (Å²) < 4.78 is 16.1. The van der Waals surface area contributed by atoms with Crippen LogP contribution in [0.1, 0.15) is 48.3 Å². The third-order valence-corrected chi connectivity index (χ3v) is 7.67. The molecular weight excluding hydrogens is 504 g/mol. The number of hydrogen-bond acceptors (Lipinski definition) is 6. The van der Waals surface area contributed by atoms with Crippen molar-refractivity contribution < 1.29 is 23.8 Å². The van der Waals surface area contributed by atoms with Crippen LogP contribution in [0.5, 0.6) is 17.2 Å². The maximum absolute atomic E-state index is 13.9.